The van der Waals surface area contributed by atoms with Crippen molar-refractivity contribution in [3.63, 3.8) is 0 Å². The first-order valence-electron chi connectivity index (χ1n) is 8.22. The van der Waals surface area contributed by atoms with E-state index in [1.807, 2.05) is 6.07 Å². The molecule has 0 bridgehead atoms. The average molecular weight is 352 g/mol. The van der Waals surface area contributed by atoms with Crippen LogP contribution in [0, 0.1) is 0 Å². The van der Waals surface area contributed by atoms with Crippen LogP contribution in [0.3, 0.4) is 0 Å². The second-order valence-electron chi connectivity index (χ2n) is 6.49. The number of hydrogen-bond donors (Lipinski definition) is 4. The number of H-pyrrole nitrogens is 1. The third-order valence-corrected chi connectivity index (χ3v) is 4.57. The maximum absolute atomic E-state index is 12.5. The number of aliphatic hydroxyl groups is 2. The van der Waals surface area contributed by atoms with Crippen molar-refractivity contribution in [2.45, 2.75) is 12.3 Å². The fraction of sp³-hybridized carbons (Fsp3) is 0.200. The second-order valence-corrected chi connectivity index (χ2v) is 6.49. The highest BCUT2D eigenvalue weighted by atomic mass is 16.3. The number of hydrogen-bond acceptors (Lipinski definition) is 4. The highest BCUT2D eigenvalue weighted by Gasteiger charge is 2.24. The molecule has 134 valence electrons. The van der Waals surface area contributed by atoms with Crippen LogP contribution in [-0.2, 0) is 5.41 Å². The van der Waals surface area contributed by atoms with Crippen molar-refractivity contribution in [2.24, 2.45) is 0 Å². The van der Waals surface area contributed by atoms with Gasteiger partial charge in [-0.15, -0.1) is 0 Å². The summed E-state index contributed by atoms with van der Waals surface area (Å²) in [6.07, 6.45) is 1.41. The number of nitrogens with one attached hydrogen (secondary N) is 2. The van der Waals surface area contributed by atoms with Gasteiger partial charge in [0.15, 0.2) is 0 Å². The van der Waals surface area contributed by atoms with Crippen molar-refractivity contribution < 1.29 is 15.0 Å². The van der Waals surface area contributed by atoms with Gasteiger partial charge in [0.2, 0.25) is 5.43 Å². The van der Waals surface area contributed by atoms with Gasteiger partial charge >= 0.3 is 0 Å². The highest BCUT2D eigenvalue weighted by molar-refractivity contribution is 6.05. The van der Waals surface area contributed by atoms with Gasteiger partial charge in [-0.25, -0.2) is 0 Å². The molecule has 0 saturated heterocycles. The SMILES string of the molecule is CC(CO)(CO)c1ccc(NC(=O)c2c[nH]c3ccccc3c2=O)cc1. The predicted molar refractivity (Wildman–Crippen MR) is 100 cm³/mol. The van der Waals surface area contributed by atoms with Gasteiger partial charge < -0.3 is 20.5 Å². The Hall–Kier alpha value is -2.96. The first-order valence-corrected chi connectivity index (χ1v) is 8.22. The fourth-order valence-corrected chi connectivity index (χ4v) is 2.72. The molecule has 0 unspecified atom stereocenters. The van der Waals surface area contributed by atoms with E-state index in [-0.39, 0.29) is 24.2 Å². The molecule has 0 aliphatic carbocycles. The maximum Gasteiger partial charge on any atom is 0.261 e. The van der Waals surface area contributed by atoms with E-state index in [1.165, 1.54) is 6.20 Å². The molecule has 3 aromatic rings. The molecule has 3 rings (SSSR count). The Morgan fingerprint density at radius 3 is 2.38 bits per heavy atom. The van der Waals surface area contributed by atoms with E-state index >= 15 is 0 Å². The van der Waals surface area contributed by atoms with Crippen LogP contribution >= 0.6 is 0 Å². The molecule has 1 aromatic heterocycles. The topological polar surface area (TPSA) is 102 Å². The van der Waals surface area contributed by atoms with E-state index in [4.69, 9.17) is 0 Å². The lowest BCUT2D eigenvalue weighted by atomic mass is 9.84. The van der Waals surface area contributed by atoms with Crippen LogP contribution in [0.1, 0.15) is 22.8 Å². The Morgan fingerprint density at radius 2 is 1.73 bits per heavy atom. The summed E-state index contributed by atoms with van der Waals surface area (Å²) >= 11 is 0. The minimum Gasteiger partial charge on any atom is -0.395 e. The summed E-state index contributed by atoms with van der Waals surface area (Å²) in [5.74, 6) is -0.503. The molecule has 2 aromatic carbocycles. The number of benzene rings is 2. The molecule has 0 fully saturated rings. The summed E-state index contributed by atoms with van der Waals surface area (Å²) in [5.41, 5.74) is 0.891. The van der Waals surface area contributed by atoms with Crippen LogP contribution in [-0.4, -0.2) is 34.3 Å². The minimum absolute atomic E-state index is 0.0309. The molecule has 0 spiro atoms. The molecule has 0 aliphatic heterocycles. The number of anilines is 1. The highest BCUT2D eigenvalue weighted by Crippen LogP contribution is 2.24. The maximum atomic E-state index is 12.5. The van der Waals surface area contributed by atoms with E-state index in [0.717, 1.165) is 5.56 Å². The van der Waals surface area contributed by atoms with Gasteiger partial charge in [0.1, 0.15) is 5.56 Å². The van der Waals surface area contributed by atoms with Crippen molar-refractivity contribution in [1.82, 2.24) is 4.98 Å². The number of aromatic nitrogens is 1. The van der Waals surface area contributed by atoms with Gasteiger partial charge in [0.25, 0.3) is 5.91 Å². The van der Waals surface area contributed by atoms with Crippen molar-refractivity contribution in [2.75, 3.05) is 18.5 Å². The van der Waals surface area contributed by atoms with E-state index in [0.29, 0.717) is 16.6 Å². The number of amides is 1. The fourth-order valence-electron chi connectivity index (χ4n) is 2.72. The van der Waals surface area contributed by atoms with Crippen LogP contribution in [0.15, 0.2) is 59.5 Å². The number of carbonyl (C=O) groups is 1. The molecular weight excluding hydrogens is 332 g/mol. The van der Waals surface area contributed by atoms with Crippen molar-refractivity contribution in [3.8, 4) is 0 Å². The summed E-state index contributed by atoms with van der Waals surface area (Å²) in [5, 5.41) is 22.1. The number of fused-ring (bicyclic) bond motifs is 1. The van der Waals surface area contributed by atoms with E-state index in [1.54, 1.807) is 49.4 Å². The Bertz CT molecular complexity index is 989. The lowest BCUT2D eigenvalue weighted by Gasteiger charge is -2.25. The normalized spacial score (nSPS) is 11.5. The van der Waals surface area contributed by atoms with Crippen molar-refractivity contribution >= 4 is 22.5 Å². The van der Waals surface area contributed by atoms with Gasteiger partial charge in [-0.3, -0.25) is 9.59 Å². The Kier molecular flexibility index (Phi) is 4.88. The minimum atomic E-state index is -0.752. The quantitative estimate of drug-likeness (QED) is 0.564. The number of pyridine rings is 1. The molecule has 0 atom stereocenters. The van der Waals surface area contributed by atoms with Crippen LogP contribution in [0.25, 0.3) is 10.9 Å². The monoisotopic (exact) mass is 352 g/mol. The van der Waals surface area contributed by atoms with Gasteiger partial charge in [0.05, 0.1) is 13.2 Å². The molecule has 1 heterocycles. The summed E-state index contributed by atoms with van der Waals surface area (Å²) in [7, 11) is 0. The molecule has 0 radical (unpaired) electrons. The van der Waals surface area contributed by atoms with Crippen LogP contribution in [0.2, 0.25) is 0 Å². The largest absolute Gasteiger partial charge is 0.395 e. The average Bonchev–Trinajstić information content (AvgIpc) is 2.68. The van der Waals surface area contributed by atoms with Gasteiger partial charge in [0, 0.05) is 28.2 Å². The van der Waals surface area contributed by atoms with Crippen molar-refractivity contribution in [1.29, 1.82) is 0 Å². The molecule has 1 amide bonds. The van der Waals surface area contributed by atoms with E-state index in [9.17, 15) is 19.8 Å². The van der Waals surface area contributed by atoms with Gasteiger partial charge in [-0.05, 0) is 29.8 Å². The summed E-state index contributed by atoms with van der Waals surface area (Å²) in [6.45, 7) is 1.36. The number of carbonyl (C=O) groups excluding carboxylic acids is 1. The zero-order chi connectivity index (χ0) is 18.7. The predicted octanol–water partition coefficient (Wildman–Crippen LogP) is 2.02. The first-order chi connectivity index (χ1) is 12.5. The Balaban J connectivity index is 1.85. The second kappa shape index (κ2) is 7.11. The van der Waals surface area contributed by atoms with Gasteiger partial charge in [-0.2, -0.15) is 0 Å². The Morgan fingerprint density at radius 1 is 1.08 bits per heavy atom. The van der Waals surface area contributed by atoms with Crippen LogP contribution in [0.5, 0.6) is 0 Å². The molecule has 0 aliphatic rings. The molecule has 0 saturated carbocycles. The number of para-hydroxylation sites is 1. The van der Waals surface area contributed by atoms with Gasteiger partial charge in [-0.1, -0.05) is 31.2 Å². The summed E-state index contributed by atoms with van der Waals surface area (Å²) in [4.78, 5) is 27.9. The number of rotatable bonds is 5. The third kappa shape index (κ3) is 3.24. The molecular formula is C20H20N2O4. The zero-order valence-corrected chi connectivity index (χ0v) is 14.3. The lowest BCUT2D eigenvalue weighted by Crippen LogP contribution is -2.31. The Labute approximate surface area is 150 Å². The first kappa shape index (κ1) is 17.8. The van der Waals surface area contributed by atoms with Crippen LogP contribution < -0.4 is 10.7 Å². The summed E-state index contributed by atoms with van der Waals surface area (Å²) in [6, 6.07) is 13.8. The molecule has 6 nitrogen and oxygen atoms in total. The van der Waals surface area contributed by atoms with Crippen molar-refractivity contribution in [3.05, 3.63) is 76.1 Å². The van der Waals surface area contributed by atoms with E-state index in [2.05, 4.69) is 10.3 Å². The number of aromatic amines is 1. The standard InChI is InChI=1S/C20H20N2O4/c1-20(11-23,12-24)13-6-8-14(9-7-13)22-19(26)16-10-21-17-5-3-2-4-15(17)18(16)25/h2-10,23-24H,11-12H2,1H3,(H,21,25)(H,22,26). The molecule has 26 heavy (non-hydrogen) atoms. The zero-order valence-electron chi connectivity index (χ0n) is 14.3. The smallest absolute Gasteiger partial charge is 0.261 e. The van der Waals surface area contributed by atoms with Crippen LogP contribution in [0.4, 0.5) is 5.69 Å². The third-order valence-electron chi connectivity index (χ3n) is 4.57. The molecule has 4 N–H and O–H groups in total. The number of aliphatic hydroxyl groups excluding tert-OH is 2. The lowest BCUT2D eigenvalue weighted by molar-refractivity contribution is 0.102. The molecule has 6 heteroatoms. The summed E-state index contributed by atoms with van der Waals surface area (Å²) < 4.78 is 0. The van der Waals surface area contributed by atoms with E-state index < -0.39 is 11.3 Å².